The summed E-state index contributed by atoms with van der Waals surface area (Å²) in [5.41, 5.74) is 1.56. The topological polar surface area (TPSA) is 47.6 Å². The number of hydrogen-bond donors (Lipinski definition) is 1. The van der Waals surface area contributed by atoms with Crippen molar-refractivity contribution in [3.05, 3.63) is 58.1 Å². The highest BCUT2D eigenvalue weighted by atomic mass is 79.9. The largest absolute Gasteiger partial charge is 0.497 e. The summed E-state index contributed by atoms with van der Waals surface area (Å²) in [6.07, 6.45) is 0. The van der Waals surface area contributed by atoms with Gasteiger partial charge in [0, 0.05) is 12.1 Å². The van der Waals surface area contributed by atoms with E-state index in [9.17, 15) is 4.79 Å². The number of rotatable bonds is 5. The minimum Gasteiger partial charge on any atom is -0.497 e. The fourth-order valence-electron chi connectivity index (χ4n) is 1.87. The summed E-state index contributed by atoms with van der Waals surface area (Å²) in [5.74, 6) is 1.33. The Labute approximate surface area is 132 Å². The molecule has 0 unspecified atom stereocenters. The van der Waals surface area contributed by atoms with E-state index in [1.165, 1.54) is 0 Å². The zero-order valence-corrected chi connectivity index (χ0v) is 13.4. The van der Waals surface area contributed by atoms with Gasteiger partial charge in [0.25, 0.3) is 5.91 Å². The quantitative estimate of drug-likeness (QED) is 0.899. The van der Waals surface area contributed by atoms with Crippen LogP contribution in [0.25, 0.3) is 0 Å². The zero-order valence-electron chi connectivity index (χ0n) is 11.9. The van der Waals surface area contributed by atoms with E-state index in [0.717, 1.165) is 15.8 Å². The molecule has 0 atom stereocenters. The first-order valence-corrected chi connectivity index (χ1v) is 7.18. The van der Waals surface area contributed by atoms with Crippen LogP contribution in [0.5, 0.6) is 11.5 Å². The molecule has 2 rings (SSSR count). The van der Waals surface area contributed by atoms with Crippen LogP contribution in [-0.2, 0) is 6.54 Å². The molecule has 0 saturated heterocycles. The molecule has 21 heavy (non-hydrogen) atoms. The van der Waals surface area contributed by atoms with Crippen molar-refractivity contribution >= 4 is 21.8 Å². The van der Waals surface area contributed by atoms with Gasteiger partial charge < -0.3 is 14.8 Å². The minimum absolute atomic E-state index is 0.138. The molecule has 0 aromatic heterocycles. The lowest BCUT2D eigenvalue weighted by Gasteiger charge is -2.08. The monoisotopic (exact) mass is 349 g/mol. The molecular formula is C16H16BrNO3. The van der Waals surface area contributed by atoms with E-state index in [0.29, 0.717) is 17.9 Å². The van der Waals surface area contributed by atoms with Crippen LogP contribution in [0, 0.1) is 0 Å². The first-order valence-electron chi connectivity index (χ1n) is 6.38. The van der Waals surface area contributed by atoms with Crippen LogP contribution >= 0.6 is 15.9 Å². The van der Waals surface area contributed by atoms with E-state index < -0.39 is 0 Å². The van der Waals surface area contributed by atoms with Gasteiger partial charge in [-0.25, -0.2) is 0 Å². The highest BCUT2D eigenvalue weighted by molar-refractivity contribution is 9.10. The maximum absolute atomic E-state index is 12.1. The third kappa shape index (κ3) is 3.98. The molecule has 0 spiro atoms. The Bertz CT molecular complexity index is 643. The SMILES string of the molecule is COc1cccc(CNC(=O)c2ccc(OC)c(Br)c2)c1. The first-order chi connectivity index (χ1) is 10.1. The zero-order chi connectivity index (χ0) is 15.2. The van der Waals surface area contributed by atoms with Gasteiger partial charge in [0.15, 0.2) is 0 Å². The second-order valence-electron chi connectivity index (χ2n) is 4.38. The predicted molar refractivity (Wildman–Crippen MR) is 84.9 cm³/mol. The van der Waals surface area contributed by atoms with Gasteiger partial charge in [0.1, 0.15) is 11.5 Å². The molecule has 0 aliphatic carbocycles. The molecule has 2 aromatic carbocycles. The molecule has 4 nitrogen and oxygen atoms in total. The van der Waals surface area contributed by atoms with Gasteiger partial charge in [-0.2, -0.15) is 0 Å². The summed E-state index contributed by atoms with van der Waals surface area (Å²) in [4.78, 5) is 12.1. The van der Waals surface area contributed by atoms with Gasteiger partial charge in [-0.15, -0.1) is 0 Å². The summed E-state index contributed by atoms with van der Waals surface area (Å²) in [6, 6.07) is 12.8. The molecule has 0 aliphatic heterocycles. The van der Waals surface area contributed by atoms with Crippen LogP contribution < -0.4 is 14.8 Å². The van der Waals surface area contributed by atoms with E-state index in [-0.39, 0.29) is 5.91 Å². The van der Waals surface area contributed by atoms with Crippen molar-refractivity contribution in [2.45, 2.75) is 6.54 Å². The Morgan fingerprint density at radius 1 is 1.14 bits per heavy atom. The molecule has 0 fully saturated rings. The number of amides is 1. The van der Waals surface area contributed by atoms with Gasteiger partial charge in [0.2, 0.25) is 0 Å². The van der Waals surface area contributed by atoms with E-state index in [4.69, 9.17) is 9.47 Å². The molecule has 0 bridgehead atoms. The lowest BCUT2D eigenvalue weighted by Crippen LogP contribution is -2.22. The number of halogens is 1. The summed E-state index contributed by atoms with van der Waals surface area (Å²) in [6.45, 7) is 0.444. The van der Waals surface area contributed by atoms with Crippen molar-refractivity contribution in [1.29, 1.82) is 0 Å². The third-order valence-electron chi connectivity index (χ3n) is 3.00. The maximum Gasteiger partial charge on any atom is 0.251 e. The smallest absolute Gasteiger partial charge is 0.251 e. The Kier molecular flexibility index (Phi) is 5.22. The van der Waals surface area contributed by atoms with Gasteiger partial charge in [0.05, 0.1) is 18.7 Å². The molecule has 1 N–H and O–H groups in total. The van der Waals surface area contributed by atoms with Crippen molar-refractivity contribution in [3.63, 3.8) is 0 Å². The predicted octanol–water partition coefficient (Wildman–Crippen LogP) is 3.40. The number of nitrogens with one attached hydrogen (secondary N) is 1. The van der Waals surface area contributed by atoms with Crippen LogP contribution in [0.1, 0.15) is 15.9 Å². The van der Waals surface area contributed by atoms with Crippen LogP contribution in [0.4, 0.5) is 0 Å². The average Bonchev–Trinajstić information content (AvgIpc) is 2.52. The number of carbonyl (C=O) groups is 1. The Hall–Kier alpha value is -2.01. The highest BCUT2D eigenvalue weighted by Gasteiger charge is 2.08. The van der Waals surface area contributed by atoms with Crippen LogP contribution in [-0.4, -0.2) is 20.1 Å². The fourth-order valence-corrected chi connectivity index (χ4v) is 2.42. The number of hydrogen-bond acceptors (Lipinski definition) is 3. The number of benzene rings is 2. The van der Waals surface area contributed by atoms with Crippen molar-refractivity contribution in [2.24, 2.45) is 0 Å². The van der Waals surface area contributed by atoms with Crippen LogP contribution in [0.3, 0.4) is 0 Å². The van der Waals surface area contributed by atoms with E-state index in [1.54, 1.807) is 32.4 Å². The van der Waals surface area contributed by atoms with Gasteiger partial charge in [-0.1, -0.05) is 12.1 Å². The lowest BCUT2D eigenvalue weighted by molar-refractivity contribution is 0.0951. The molecular weight excluding hydrogens is 334 g/mol. The molecule has 1 amide bonds. The van der Waals surface area contributed by atoms with E-state index in [2.05, 4.69) is 21.2 Å². The van der Waals surface area contributed by atoms with Gasteiger partial charge >= 0.3 is 0 Å². The molecule has 5 heteroatoms. The molecule has 0 aliphatic rings. The maximum atomic E-state index is 12.1. The number of methoxy groups -OCH3 is 2. The molecule has 0 heterocycles. The fraction of sp³-hybridized carbons (Fsp3) is 0.188. The molecule has 0 radical (unpaired) electrons. The molecule has 110 valence electrons. The summed E-state index contributed by atoms with van der Waals surface area (Å²) in [7, 11) is 3.20. The second-order valence-corrected chi connectivity index (χ2v) is 5.24. The average molecular weight is 350 g/mol. The normalized spacial score (nSPS) is 10.0. The Balaban J connectivity index is 2.02. The van der Waals surface area contributed by atoms with Crippen molar-refractivity contribution < 1.29 is 14.3 Å². The van der Waals surface area contributed by atoms with Gasteiger partial charge in [-0.3, -0.25) is 4.79 Å². The molecule has 2 aromatic rings. The number of carbonyl (C=O) groups excluding carboxylic acids is 1. The third-order valence-corrected chi connectivity index (χ3v) is 3.62. The highest BCUT2D eigenvalue weighted by Crippen LogP contribution is 2.25. The second kappa shape index (κ2) is 7.13. The summed E-state index contributed by atoms with van der Waals surface area (Å²) < 4.78 is 11.0. The Morgan fingerprint density at radius 3 is 2.62 bits per heavy atom. The van der Waals surface area contributed by atoms with E-state index in [1.807, 2.05) is 24.3 Å². The lowest BCUT2D eigenvalue weighted by atomic mass is 10.2. The van der Waals surface area contributed by atoms with Crippen molar-refractivity contribution in [1.82, 2.24) is 5.32 Å². The first kappa shape index (κ1) is 15.4. The van der Waals surface area contributed by atoms with Crippen molar-refractivity contribution in [3.8, 4) is 11.5 Å². The summed E-state index contributed by atoms with van der Waals surface area (Å²) >= 11 is 3.37. The summed E-state index contributed by atoms with van der Waals surface area (Å²) in [5, 5.41) is 2.88. The van der Waals surface area contributed by atoms with Gasteiger partial charge in [-0.05, 0) is 51.8 Å². The van der Waals surface area contributed by atoms with E-state index >= 15 is 0 Å². The standard InChI is InChI=1S/C16H16BrNO3/c1-20-13-5-3-4-11(8-13)10-18-16(19)12-6-7-15(21-2)14(17)9-12/h3-9H,10H2,1-2H3,(H,18,19). The molecule has 0 saturated carbocycles. The van der Waals surface area contributed by atoms with Crippen LogP contribution in [0.2, 0.25) is 0 Å². The van der Waals surface area contributed by atoms with Crippen molar-refractivity contribution in [2.75, 3.05) is 14.2 Å². The van der Waals surface area contributed by atoms with Crippen LogP contribution in [0.15, 0.2) is 46.9 Å². The number of ether oxygens (including phenoxy) is 2. The minimum atomic E-state index is -0.138. The Morgan fingerprint density at radius 2 is 1.95 bits per heavy atom.